The molecule has 0 aliphatic heterocycles. The maximum atomic E-state index is 5.73. The molecule has 5 rings (SSSR count). The molecule has 26 heavy (non-hydrogen) atoms. The molecule has 2 aromatic heterocycles. The van der Waals surface area contributed by atoms with Crippen LogP contribution in [0, 0.1) is 5.41 Å². The molecule has 3 aliphatic carbocycles. The molecule has 3 fully saturated rings. The van der Waals surface area contributed by atoms with E-state index in [1.165, 1.54) is 19.3 Å². The largest absolute Gasteiger partial charge is 0.369 e. The number of hydrogen-bond acceptors (Lipinski definition) is 5. The van der Waals surface area contributed by atoms with E-state index in [1.807, 2.05) is 18.3 Å². The molecule has 3 saturated carbocycles. The predicted molar refractivity (Wildman–Crippen MR) is 105 cm³/mol. The predicted octanol–water partition coefficient (Wildman–Crippen LogP) is 5.23. The Kier molecular flexibility index (Phi) is 4.37. The van der Waals surface area contributed by atoms with Crippen LogP contribution < -0.4 is 5.32 Å². The van der Waals surface area contributed by atoms with Gasteiger partial charge in [0.15, 0.2) is 5.82 Å². The van der Waals surface area contributed by atoms with Crippen molar-refractivity contribution in [3.05, 3.63) is 34.5 Å². The van der Waals surface area contributed by atoms with Gasteiger partial charge in [0.25, 0.3) is 0 Å². The first kappa shape index (κ1) is 18.0. The second kappa shape index (κ2) is 6.32. The molecule has 0 atom stereocenters. The summed E-state index contributed by atoms with van der Waals surface area (Å²) in [6, 6.07) is 3.99. The van der Waals surface area contributed by atoms with E-state index in [2.05, 4.69) is 52.2 Å². The SMILES string of the molecule is CC(C)(C)c1noc(C23CCC(CNc4cc(Br)ccn4)(CC2)CC3)n1. The lowest BCUT2D eigenvalue weighted by Crippen LogP contribution is -2.47. The van der Waals surface area contributed by atoms with Gasteiger partial charge >= 0.3 is 0 Å². The summed E-state index contributed by atoms with van der Waals surface area (Å²) in [5.41, 5.74) is 0.414. The first-order valence-electron chi connectivity index (χ1n) is 9.51. The van der Waals surface area contributed by atoms with Crippen molar-refractivity contribution in [2.45, 2.75) is 70.1 Å². The van der Waals surface area contributed by atoms with Crippen LogP contribution >= 0.6 is 15.9 Å². The van der Waals surface area contributed by atoms with Crippen LogP contribution in [0.2, 0.25) is 0 Å². The van der Waals surface area contributed by atoms with Gasteiger partial charge in [-0.25, -0.2) is 4.98 Å². The molecule has 140 valence electrons. The molecule has 2 heterocycles. The maximum Gasteiger partial charge on any atom is 0.232 e. The highest BCUT2D eigenvalue weighted by atomic mass is 79.9. The average molecular weight is 419 g/mol. The van der Waals surface area contributed by atoms with Crippen molar-refractivity contribution in [3.63, 3.8) is 0 Å². The van der Waals surface area contributed by atoms with Gasteiger partial charge in [-0.2, -0.15) is 4.98 Å². The highest BCUT2D eigenvalue weighted by molar-refractivity contribution is 9.10. The van der Waals surface area contributed by atoms with E-state index >= 15 is 0 Å². The Morgan fingerprint density at radius 2 is 1.85 bits per heavy atom. The zero-order valence-electron chi connectivity index (χ0n) is 15.8. The minimum Gasteiger partial charge on any atom is -0.369 e. The van der Waals surface area contributed by atoms with Gasteiger partial charge in [-0.1, -0.05) is 41.9 Å². The van der Waals surface area contributed by atoms with Crippen LogP contribution in [0.15, 0.2) is 27.3 Å². The van der Waals surface area contributed by atoms with E-state index < -0.39 is 0 Å². The number of hydrogen-bond donors (Lipinski definition) is 1. The molecule has 6 heteroatoms. The molecule has 3 aliphatic rings. The summed E-state index contributed by atoms with van der Waals surface area (Å²) in [5.74, 6) is 2.65. The molecule has 0 radical (unpaired) electrons. The van der Waals surface area contributed by atoms with Crippen molar-refractivity contribution in [2.75, 3.05) is 11.9 Å². The summed E-state index contributed by atoms with van der Waals surface area (Å²) in [6.07, 6.45) is 8.90. The number of fused-ring (bicyclic) bond motifs is 3. The van der Waals surface area contributed by atoms with E-state index in [1.54, 1.807) is 0 Å². The van der Waals surface area contributed by atoms with Crippen LogP contribution in [0.3, 0.4) is 0 Å². The van der Waals surface area contributed by atoms with Gasteiger partial charge in [-0.3, -0.25) is 0 Å². The molecule has 0 amide bonds. The van der Waals surface area contributed by atoms with Gasteiger partial charge in [0.05, 0.1) is 0 Å². The van der Waals surface area contributed by atoms with Crippen LogP contribution in [-0.2, 0) is 10.8 Å². The molecule has 5 nitrogen and oxygen atoms in total. The summed E-state index contributed by atoms with van der Waals surface area (Å²) < 4.78 is 6.79. The Hall–Kier alpha value is -1.43. The van der Waals surface area contributed by atoms with Gasteiger partial charge in [0.1, 0.15) is 5.82 Å². The molecule has 0 saturated heterocycles. The lowest BCUT2D eigenvalue weighted by atomic mass is 9.53. The summed E-state index contributed by atoms with van der Waals surface area (Å²) >= 11 is 3.51. The number of aromatic nitrogens is 3. The van der Waals surface area contributed by atoms with E-state index in [0.29, 0.717) is 5.41 Å². The standard InChI is InChI=1S/C20H27BrN4O/c1-18(2,3)16-24-17(26-25-16)20-8-5-19(6-9-20,7-10-20)13-23-15-12-14(21)4-11-22-15/h4,11-12H,5-10,13H2,1-3H3,(H,22,23). The van der Waals surface area contributed by atoms with Crippen molar-refractivity contribution in [3.8, 4) is 0 Å². The first-order valence-corrected chi connectivity index (χ1v) is 10.3. The average Bonchev–Trinajstić information content (AvgIpc) is 3.13. The highest BCUT2D eigenvalue weighted by Gasteiger charge is 2.52. The van der Waals surface area contributed by atoms with Gasteiger partial charge < -0.3 is 9.84 Å². The fraction of sp³-hybridized carbons (Fsp3) is 0.650. The number of nitrogens with one attached hydrogen (secondary N) is 1. The molecule has 0 aromatic carbocycles. The van der Waals surface area contributed by atoms with E-state index in [0.717, 1.165) is 47.8 Å². The lowest BCUT2D eigenvalue weighted by molar-refractivity contribution is 0.0321. The first-order chi connectivity index (χ1) is 12.3. The highest BCUT2D eigenvalue weighted by Crippen LogP contribution is 2.57. The molecule has 2 bridgehead atoms. The van der Waals surface area contributed by atoms with Crippen molar-refractivity contribution >= 4 is 21.7 Å². The number of halogens is 1. The Balaban J connectivity index is 1.44. The quantitative estimate of drug-likeness (QED) is 0.735. The second-order valence-electron chi connectivity index (χ2n) is 9.17. The van der Waals surface area contributed by atoms with Crippen LogP contribution in [0.1, 0.15) is 71.0 Å². The Morgan fingerprint density at radius 3 is 2.42 bits per heavy atom. The zero-order valence-corrected chi connectivity index (χ0v) is 17.4. The van der Waals surface area contributed by atoms with Crippen molar-refractivity contribution < 1.29 is 4.52 Å². The number of anilines is 1. The second-order valence-corrected chi connectivity index (χ2v) is 10.1. The number of rotatable bonds is 4. The van der Waals surface area contributed by atoms with Gasteiger partial charge in [-0.05, 0) is 56.1 Å². The number of pyridine rings is 1. The summed E-state index contributed by atoms with van der Waals surface area (Å²) in [5, 5.41) is 7.82. The van der Waals surface area contributed by atoms with Crippen molar-refractivity contribution in [1.29, 1.82) is 0 Å². The Labute approximate surface area is 163 Å². The van der Waals surface area contributed by atoms with Gasteiger partial charge in [-0.15, -0.1) is 0 Å². The Morgan fingerprint density at radius 1 is 1.15 bits per heavy atom. The normalized spacial score (nSPS) is 28.3. The fourth-order valence-electron chi connectivity index (χ4n) is 4.37. The minimum absolute atomic E-state index is 0.0631. The van der Waals surface area contributed by atoms with Crippen LogP contribution in [0.4, 0.5) is 5.82 Å². The molecule has 0 unspecified atom stereocenters. The zero-order chi connectivity index (χ0) is 18.4. The minimum atomic E-state index is -0.0631. The van der Waals surface area contributed by atoms with Gasteiger partial charge in [0, 0.05) is 28.0 Å². The van der Waals surface area contributed by atoms with E-state index in [-0.39, 0.29) is 10.8 Å². The van der Waals surface area contributed by atoms with Crippen LogP contribution in [0.5, 0.6) is 0 Å². The lowest BCUT2D eigenvalue weighted by Gasteiger charge is -2.51. The maximum absolute atomic E-state index is 5.73. The molecular weight excluding hydrogens is 392 g/mol. The van der Waals surface area contributed by atoms with E-state index in [4.69, 9.17) is 9.51 Å². The molecule has 0 spiro atoms. The third kappa shape index (κ3) is 3.28. The van der Waals surface area contributed by atoms with Crippen LogP contribution in [-0.4, -0.2) is 21.7 Å². The van der Waals surface area contributed by atoms with E-state index in [9.17, 15) is 0 Å². The Bertz CT molecular complexity index is 771. The molecular formula is C20H27BrN4O. The van der Waals surface area contributed by atoms with Crippen molar-refractivity contribution in [2.24, 2.45) is 5.41 Å². The molecule has 1 N–H and O–H groups in total. The van der Waals surface area contributed by atoms with Crippen molar-refractivity contribution in [1.82, 2.24) is 15.1 Å². The van der Waals surface area contributed by atoms with Crippen LogP contribution in [0.25, 0.3) is 0 Å². The summed E-state index contributed by atoms with van der Waals surface area (Å²) in [6.45, 7) is 7.39. The monoisotopic (exact) mass is 418 g/mol. The third-order valence-corrected chi connectivity index (χ3v) is 6.81. The smallest absolute Gasteiger partial charge is 0.232 e. The molecule has 2 aromatic rings. The fourth-order valence-corrected chi connectivity index (χ4v) is 4.71. The van der Waals surface area contributed by atoms with Gasteiger partial charge in [0.2, 0.25) is 5.89 Å². The summed E-state index contributed by atoms with van der Waals surface area (Å²) in [4.78, 5) is 9.20. The topological polar surface area (TPSA) is 63.8 Å². The number of nitrogens with zero attached hydrogens (tertiary/aromatic N) is 3. The summed E-state index contributed by atoms with van der Waals surface area (Å²) in [7, 11) is 0. The third-order valence-electron chi connectivity index (χ3n) is 6.32.